The van der Waals surface area contributed by atoms with Crippen LogP contribution in [0.4, 0.5) is 10.8 Å². The van der Waals surface area contributed by atoms with Crippen molar-refractivity contribution in [1.82, 2.24) is 4.98 Å². The number of aryl methyl sites for hydroxylation is 1. The first kappa shape index (κ1) is 20.8. The van der Waals surface area contributed by atoms with Crippen LogP contribution in [0.5, 0.6) is 11.5 Å². The topological polar surface area (TPSA) is 80.3 Å². The molecule has 156 valence electrons. The van der Waals surface area contributed by atoms with Gasteiger partial charge in [-0.3, -0.25) is 14.9 Å². The van der Waals surface area contributed by atoms with Gasteiger partial charge in [0.1, 0.15) is 11.5 Å². The Bertz CT molecular complexity index is 1170. The molecule has 0 spiro atoms. The lowest BCUT2D eigenvalue weighted by molar-refractivity contribution is -0.115. The summed E-state index contributed by atoms with van der Waals surface area (Å²) in [5.41, 5.74) is 2.44. The molecule has 2 heterocycles. The highest BCUT2D eigenvalue weighted by atomic mass is 32.1. The van der Waals surface area contributed by atoms with Gasteiger partial charge in [0, 0.05) is 11.1 Å². The van der Waals surface area contributed by atoms with Crippen molar-refractivity contribution in [2.45, 2.75) is 13.3 Å². The van der Waals surface area contributed by atoms with Gasteiger partial charge >= 0.3 is 0 Å². The molecule has 0 fully saturated rings. The largest absolute Gasteiger partial charge is 0.457 e. The lowest BCUT2D eigenvalue weighted by atomic mass is 10.2. The second kappa shape index (κ2) is 9.55. The maximum atomic E-state index is 12.3. The Morgan fingerprint density at radius 1 is 0.935 bits per heavy atom. The molecule has 0 aliphatic carbocycles. The molecule has 4 aromatic rings. The number of anilines is 2. The minimum atomic E-state index is -0.201. The van der Waals surface area contributed by atoms with Crippen molar-refractivity contribution in [2.75, 3.05) is 10.6 Å². The van der Waals surface area contributed by atoms with E-state index >= 15 is 0 Å². The van der Waals surface area contributed by atoms with Gasteiger partial charge in [-0.15, -0.1) is 22.7 Å². The minimum Gasteiger partial charge on any atom is -0.457 e. The summed E-state index contributed by atoms with van der Waals surface area (Å²) < 4.78 is 5.80. The molecule has 2 aromatic heterocycles. The van der Waals surface area contributed by atoms with Crippen molar-refractivity contribution in [1.29, 1.82) is 0 Å². The minimum absolute atomic E-state index is 0.118. The molecular weight excluding hydrogens is 430 g/mol. The molecule has 0 atom stereocenters. The number of carbonyl (C=O) groups is 2. The van der Waals surface area contributed by atoms with Gasteiger partial charge < -0.3 is 10.1 Å². The Labute approximate surface area is 187 Å². The van der Waals surface area contributed by atoms with Crippen molar-refractivity contribution in [2.24, 2.45) is 0 Å². The van der Waals surface area contributed by atoms with Crippen molar-refractivity contribution >= 4 is 45.3 Å². The molecule has 2 aromatic carbocycles. The number of hydrogen-bond donors (Lipinski definition) is 2. The number of hydrogen-bond acceptors (Lipinski definition) is 6. The Balaban J connectivity index is 1.29. The van der Waals surface area contributed by atoms with Crippen LogP contribution in [0.15, 0.2) is 71.4 Å². The van der Waals surface area contributed by atoms with Crippen LogP contribution in [0.3, 0.4) is 0 Å². The molecule has 0 radical (unpaired) electrons. The summed E-state index contributed by atoms with van der Waals surface area (Å²) in [5, 5.41) is 9.67. The summed E-state index contributed by atoms with van der Waals surface area (Å²) >= 11 is 2.65. The van der Waals surface area contributed by atoms with Crippen LogP contribution < -0.4 is 15.4 Å². The molecule has 2 amide bonds. The summed E-state index contributed by atoms with van der Waals surface area (Å²) in [6.07, 6.45) is 0.118. The van der Waals surface area contributed by atoms with Crippen LogP contribution >= 0.6 is 22.7 Å². The number of rotatable bonds is 7. The average Bonchev–Trinajstić information content (AvgIpc) is 3.44. The van der Waals surface area contributed by atoms with Gasteiger partial charge in [-0.2, -0.15) is 0 Å². The summed E-state index contributed by atoms with van der Waals surface area (Å²) in [7, 11) is 0. The molecule has 0 aliphatic heterocycles. The number of benzene rings is 2. The predicted molar refractivity (Wildman–Crippen MR) is 124 cm³/mol. The molecule has 2 N–H and O–H groups in total. The molecule has 0 bridgehead atoms. The highest BCUT2D eigenvalue weighted by molar-refractivity contribution is 7.14. The maximum absolute atomic E-state index is 12.3. The lowest BCUT2D eigenvalue weighted by Gasteiger charge is -2.08. The van der Waals surface area contributed by atoms with Gasteiger partial charge in [0.2, 0.25) is 5.91 Å². The standard InChI is InChI=1S/C23H19N3O3S2/c1-15-4-8-18(9-5-15)29-19-10-6-16(7-11-19)24-21(27)13-17-14-31-23(25-17)26-22(28)20-3-2-12-30-20/h2-12,14H,13H2,1H3,(H,24,27)(H,25,26,28). The fourth-order valence-electron chi connectivity index (χ4n) is 2.73. The summed E-state index contributed by atoms with van der Waals surface area (Å²) in [5.74, 6) is 1.06. The van der Waals surface area contributed by atoms with E-state index in [2.05, 4.69) is 15.6 Å². The number of aromatic nitrogens is 1. The van der Waals surface area contributed by atoms with E-state index in [0.29, 0.717) is 27.1 Å². The Morgan fingerprint density at radius 3 is 2.32 bits per heavy atom. The van der Waals surface area contributed by atoms with Crippen molar-refractivity contribution in [3.8, 4) is 11.5 Å². The molecule has 8 heteroatoms. The predicted octanol–water partition coefficient (Wildman–Crippen LogP) is 5.74. The fourth-order valence-corrected chi connectivity index (χ4v) is 4.05. The summed E-state index contributed by atoms with van der Waals surface area (Å²) in [4.78, 5) is 29.4. The fraction of sp³-hybridized carbons (Fsp3) is 0.0870. The average molecular weight is 450 g/mol. The van der Waals surface area contributed by atoms with Gasteiger partial charge in [0.05, 0.1) is 17.0 Å². The van der Waals surface area contributed by atoms with Crippen LogP contribution in [0, 0.1) is 6.92 Å². The van der Waals surface area contributed by atoms with Crippen LogP contribution in [0.2, 0.25) is 0 Å². The molecule has 31 heavy (non-hydrogen) atoms. The van der Waals surface area contributed by atoms with E-state index in [1.54, 1.807) is 35.7 Å². The van der Waals surface area contributed by atoms with Gasteiger partial charge in [0.15, 0.2) is 5.13 Å². The quantitative estimate of drug-likeness (QED) is 0.377. The number of nitrogens with zero attached hydrogens (tertiary/aromatic N) is 1. The van der Waals surface area contributed by atoms with E-state index in [4.69, 9.17) is 4.74 Å². The van der Waals surface area contributed by atoms with Crippen LogP contribution in [-0.4, -0.2) is 16.8 Å². The van der Waals surface area contributed by atoms with E-state index in [1.807, 2.05) is 42.6 Å². The van der Waals surface area contributed by atoms with Crippen molar-refractivity contribution in [3.05, 3.63) is 87.6 Å². The van der Waals surface area contributed by atoms with Gasteiger partial charge in [-0.1, -0.05) is 23.8 Å². The lowest BCUT2D eigenvalue weighted by Crippen LogP contribution is -2.15. The molecule has 4 rings (SSSR count). The molecule has 6 nitrogen and oxygen atoms in total. The third-order valence-electron chi connectivity index (χ3n) is 4.25. The SMILES string of the molecule is Cc1ccc(Oc2ccc(NC(=O)Cc3csc(NC(=O)c4cccs4)n3)cc2)cc1. The van der Waals surface area contributed by atoms with Crippen molar-refractivity contribution in [3.63, 3.8) is 0 Å². The first-order valence-electron chi connectivity index (χ1n) is 9.49. The Kier molecular flexibility index (Phi) is 6.40. The third-order valence-corrected chi connectivity index (χ3v) is 5.93. The zero-order valence-electron chi connectivity index (χ0n) is 16.6. The normalized spacial score (nSPS) is 10.5. The molecule has 0 aliphatic rings. The van der Waals surface area contributed by atoms with Crippen LogP contribution in [-0.2, 0) is 11.2 Å². The third kappa shape index (κ3) is 5.78. The highest BCUT2D eigenvalue weighted by Gasteiger charge is 2.12. The Morgan fingerprint density at radius 2 is 1.65 bits per heavy atom. The zero-order valence-corrected chi connectivity index (χ0v) is 18.3. The molecule has 0 unspecified atom stereocenters. The van der Waals surface area contributed by atoms with Crippen LogP contribution in [0.25, 0.3) is 0 Å². The summed E-state index contributed by atoms with van der Waals surface area (Å²) in [6.45, 7) is 2.02. The van der Waals surface area contributed by atoms with E-state index in [-0.39, 0.29) is 18.2 Å². The van der Waals surface area contributed by atoms with E-state index in [1.165, 1.54) is 28.2 Å². The zero-order chi connectivity index (χ0) is 21.6. The van der Waals surface area contributed by atoms with Gasteiger partial charge in [-0.05, 0) is 54.8 Å². The van der Waals surface area contributed by atoms with Gasteiger partial charge in [-0.25, -0.2) is 4.98 Å². The second-order valence-corrected chi connectivity index (χ2v) is 8.55. The maximum Gasteiger partial charge on any atom is 0.267 e. The Hall–Kier alpha value is -3.49. The number of thiophene rings is 1. The van der Waals surface area contributed by atoms with Gasteiger partial charge in [0.25, 0.3) is 5.91 Å². The smallest absolute Gasteiger partial charge is 0.267 e. The van der Waals surface area contributed by atoms with Crippen LogP contribution in [0.1, 0.15) is 20.9 Å². The molecule has 0 saturated heterocycles. The molecular formula is C23H19N3O3S2. The number of ether oxygens (including phenoxy) is 1. The highest BCUT2D eigenvalue weighted by Crippen LogP contribution is 2.24. The van der Waals surface area contributed by atoms with Crippen molar-refractivity contribution < 1.29 is 14.3 Å². The number of amides is 2. The first-order valence-corrected chi connectivity index (χ1v) is 11.2. The van der Waals surface area contributed by atoms with E-state index < -0.39 is 0 Å². The number of carbonyl (C=O) groups excluding carboxylic acids is 2. The monoisotopic (exact) mass is 449 g/mol. The molecule has 0 saturated carbocycles. The summed E-state index contributed by atoms with van der Waals surface area (Å²) in [6, 6.07) is 18.5. The number of nitrogens with one attached hydrogen (secondary N) is 2. The second-order valence-electron chi connectivity index (χ2n) is 6.74. The van der Waals surface area contributed by atoms with E-state index in [9.17, 15) is 9.59 Å². The number of thiazole rings is 1. The first-order chi connectivity index (χ1) is 15.0. The van der Waals surface area contributed by atoms with E-state index in [0.717, 1.165) is 5.75 Å².